The number of aliphatic imine (C=N–C) groups is 1. The lowest BCUT2D eigenvalue weighted by molar-refractivity contribution is -0.115. The van der Waals surface area contributed by atoms with Crippen LogP contribution >= 0.6 is 50.9 Å². The number of aromatic carboxylic acids is 1. The van der Waals surface area contributed by atoms with Crippen molar-refractivity contribution in [3.8, 4) is 5.75 Å². The van der Waals surface area contributed by atoms with E-state index in [9.17, 15) is 9.59 Å². The van der Waals surface area contributed by atoms with Gasteiger partial charge in [0, 0.05) is 0 Å². The Balaban J connectivity index is 1.44. The van der Waals surface area contributed by atoms with Crippen molar-refractivity contribution in [3.63, 3.8) is 0 Å². The zero-order valence-electron chi connectivity index (χ0n) is 17.2. The number of hydrogen-bond acceptors (Lipinski definition) is 5. The van der Waals surface area contributed by atoms with E-state index in [0.29, 0.717) is 36.0 Å². The van der Waals surface area contributed by atoms with Crippen LogP contribution in [0.4, 0.5) is 5.69 Å². The van der Waals surface area contributed by atoms with Crippen LogP contribution in [-0.4, -0.2) is 22.2 Å². The van der Waals surface area contributed by atoms with Crippen molar-refractivity contribution in [1.82, 2.24) is 5.32 Å². The summed E-state index contributed by atoms with van der Waals surface area (Å²) in [6.45, 7) is 0.281. The maximum Gasteiger partial charge on any atom is 0.335 e. The zero-order chi connectivity index (χ0) is 24.2. The van der Waals surface area contributed by atoms with Gasteiger partial charge < -0.3 is 15.2 Å². The van der Waals surface area contributed by atoms with Crippen LogP contribution in [0.1, 0.15) is 21.5 Å². The molecule has 1 amide bonds. The molecule has 0 saturated carbocycles. The molecule has 0 aromatic heterocycles. The second-order valence-electron chi connectivity index (χ2n) is 7.04. The molecule has 0 bridgehead atoms. The minimum absolute atomic E-state index is 0.222. The summed E-state index contributed by atoms with van der Waals surface area (Å²) in [4.78, 5) is 28.2. The molecule has 172 valence electrons. The van der Waals surface area contributed by atoms with E-state index < -0.39 is 5.97 Å². The molecule has 6 nitrogen and oxygen atoms in total. The lowest BCUT2D eigenvalue weighted by Gasteiger charge is -2.09. The van der Waals surface area contributed by atoms with Crippen molar-refractivity contribution in [2.45, 2.75) is 6.61 Å². The van der Waals surface area contributed by atoms with Crippen LogP contribution in [0.25, 0.3) is 6.08 Å². The van der Waals surface area contributed by atoms with Crippen LogP contribution in [-0.2, 0) is 11.4 Å². The van der Waals surface area contributed by atoms with E-state index in [1.165, 1.54) is 23.9 Å². The average molecular weight is 578 g/mol. The van der Waals surface area contributed by atoms with Crippen molar-refractivity contribution >= 4 is 79.7 Å². The van der Waals surface area contributed by atoms with E-state index >= 15 is 0 Å². The van der Waals surface area contributed by atoms with Gasteiger partial charge in [-0.25, -0.2) is 9.79 Å². The van der Waals surface area contributed by atoms with Gasteiger partial charge in [0.2, 0.25) is 0 Å². The number of nitrogens with one attached hydrogen (secondary N) is 1. The average Bonchev–Trinajstić information content (AvgIpc) is 3.15. The monoisotopic (exact) mass is 576 g/mol. The second kappa shape index (κ2) is 10.7. The van der Waals surface area contributed by atoms with Gasteiger partial charge in [0.15, 0.2) is 5.17 Å². The number of ether oxygens (including phenoxy) is 1. The highest BCUT2D eigenvalue weighted by Gasteiger charge is 2.24. The van der Waals surface area contributed by atoms with Gasteiger partial charge in [-0.2, -0.15) is 0 Å². The first-order valence-electron chi connectivity index (χ1n) is 9.78. The van der Waals surface area contributed by atoms with Crippen molar-refractivity contribution in [2.24, 2.45) is 4.99 Å². The number of halogens is 3. The van der Waals surface area contributed by atoms with Crippen LogP contribution in [0.2, 0.25) is 10.0 Å². The van der Waals surface area contributed by atoms with Crippen LogP contribution in [0.5, 0.6) is 5.75 Å². The molecule has 0 atom stereocenters. The molecule has 1 heterocycles. The first kappa shape index (κ1) is 24.3. The second-order valence-corrected chi connectivity index (χ2v) is 9.71. The molecule has 1 fully saturated rings. The van der Waals surface area contributed by atoms with Crippen LogP contribution in [0, 0.1) is 0 Å². The van der Waals surface area contributed by atoms with Gasteiger partial charge in [-0.1, -0.05) is 47.5 Å². The number of carbonyl (C=O) groups is 2. The molecule has 0 radical (unpaired) electrons. The molecule has 1 aliphatic heterocycles. The lowest BCUT2D eigenvalue weighted by Crippen LogP contribution is -2.19. The van der Waals surface area contributed by atoms with E-state index in [1.807, 2.05) is 12.1 Å². The van der Waals surface area contributed by atoms with E-state index in [4.69, 9.17) is 33.0 Å². The number of amides is 1. The van der Waals surface area contributed by atoms with Crippen molar-refractivity contribution in [2.75, 3.05) is 0 Å². The molecule has 34 heavy (non-hydrogen) atoms. The predicted molar refractivity (Wildman–Crippen MR) is 139 cm³/mol. The normalized spacial score (nSPS) is 15.6. The third kappa shape index (κ3) is 5.82. The smallest absolute Gasteiger partial charge is 0.335 e. The fourth-order valence-corrected chi connectivity index (χ4v) is 4.63. The van der Waals surface area contributed by atoms with Gasteiger partial charge in [-0.3, -0.25) is 4.79 Å². The number of rotatable bonds is 6. The summed E-state index contributed by atoms with van der Waals surface area (Å²) in [6, 6.07) is 17.1. The zero-order valence-corrected chi connectivity index (χ0v) is 21.1. The number of carboxylic acid groups (broad SMARTS) is 1. The maximum absolute atomic E-state index is 12.4. The Kier molecular flexibility index (Phi) is 7.63. The molecule has 1 saturated heterocycles. The van der Waals surface area contributed by atoms with Gasteiger partial charge >= 0.3 is 5.97 Å². The molecule has 3 aromatic carbocycles. The van der Waals surface area contributed by atoms with E-state index in [-0.39, 0.29) is 18.1 Å². The number of benzene rings is 3. The quantitative estimate of drug-likeness (QED) is 0.310. The Morgan fingerprint density at radius 2 is 1.91 bits per heavy atom. The van der Waals surface area contributed by atoms with Crippen molar-refractivity contribution < 1.29 is 19.4 Å². The molecule has 3 aromatic rings. The minimum atomic E-state index is -0.972. The molecule has 0 aliphatic carbocycles. The first-order chi connectivity index (χ1) is 16.3. The molecular formula is C24H15BrCl2N2O4S. The van der Waals surface area contributed by atoms with Crippen molar-refractivity contribution in [1.29, 1.82) is 0 Å². The summed E-state index contributed by atoms with van der Waals surface area (Å²) >= 11 is 16.9. The summed E-state index contributed by atoms with van der Waals surface area (Å²) < 4.78 is 6.55. The molecule has 0 unspecified atom stereocenters. The predicted octanol–water partition coefficient (Wildman–Crippen LogP) is 6.92. The molecule has 1 aliphatic rings. The maximum atomic E-state index is 12.4. The Hall–Kier alpha value is -2.78. The Morgan fingerprint density at radius 1 is 1.15 bits per heavy atom. The SMILES string of the molecule is O=C1NC(=Nc2cccc(Cl)c2Cl)S/C1=C/c1ccc(OCc2ccc(C(=O)O)cc2)c(Br)c1. The molecule has 0 spiro atoms. The van der Waals surface area contributed by atoms with E-state index in [1.54, 1.807) is 42.5 Å². The largest absolute Gasteiger partial charge is 0.488 e. The molecular weight excluding hydrogens is 563 g/mol. The highest BCUT2D eigenvalue weighted by molar-refractivity contribution is 9.10. The first-order valence-corrected chi connectivity index (χ1v) is 12.1. The number of hydrogen-bond donors (Lipinski definition) is 2. The number of nitrogens with zero attached hydrogens (tertiary/aromatic N) is 1. The van der Waals surface area contributed by atoms with Crippen LogP contribution in [0.15, 0.2) is 75.0 Å². The summed E-state index contributed by atoms with van der Waals surface area (Å²) in [5.41, 5.74) is 2.33. The fourth-order valence-electron chi connectivity index (χ4n) is 2.95. The van der Waals surface area contributed by atoms with Crippen LogP contribution < -0.4 is 10.1 Å². The van der Waals surface area contributed by atoms with E-state index in [0.717, 1.165) is 11.1 Å². The van der Waals surface area contributed by atoms with Crippen LogP contribution in [0.3, 0.4) is 0 Å². The fraction of sp³-hybridized carbons (Fsp3) is 0.0417. The summed E-state index contributed by atoms with van der Waals surface area (Å²) in [5.74, 6) is -0.616. The minimum Gasteiger partial charge on any atom is -0.488 e. The van der Waals surface area contributed by atoms with Gasteiger partial charge in [0.25, 0.3) is 5.91 Å². The highest BCUT2D eigenvalue weighted by atomic mass is 79.9. The van der Waals surface area contributed by atoms with Gasteiger partial charge in [0.05, 0.1) is 30.7 Å². The Labute approximate surface area is 217 Å². The number of amidine groups is 1. The molecule has 4 rings (SSSR count). The summed E-state index contributed by atoms with van der Waals surface area (Å²) in [7, 11) is 0. The van der Waals surface area contributed by atoms with E-state index in [2.05, 4.69) is 26.2 Å². The topological polar surface area (TPSA) is 88.0 Å². The standard InChI is InChI=1S/C24H15BrCl2N2O4S/c25-16-10-14(6-9-19(16)33-12-13-4-7-15(8-5-13)23(31)32)11-20-22(30)29-24(34-20)28-18-3-1-2-17(26)21(18)27/h1-11H,12H2,(H,31,32)(H,28,29,30)/b20-11+. The van der Waals surface area contributed by atoms with Gasteiger partial charge in [-0.05, 0) is 81.3 Å². The number of thioether (sulfide) groups is 1. The third-order valence-corrected chi connectivity index (χ3v) is 6.99. The number of carbonyl (C=O) groups excluding carboxylic acids is 1. The van der Waals surface area contributed by atoms with Gasteiger partial charge in [0.1, 0.15) is 12.4 Å². The Bertz CT molecular complexity index is 1340. The molecule has 10 heteroatoms. The summed E-state index contributed by atoms with van der Waals surface area (Å²) in [6.07, 6.45) is 1.75. The van der Waals surface area contributed by atoms with Gasteiger partial charge in [-0.15, -0.1) is 0 Å². The van der Waals surface area contributed by atoms with Crippen molar-refractivity contribution in [3.05, 3.63) is 96.8 Å². The molecule has 2 N–H and O–H groups in total. The third-order valence-electron chi connectivity index (χ3n) is 4.65. The lowest BCUT2D eigenvalue weighted by atomic mass is 10.1. The Morgan fingerprint density at radius 3 is 2.62 bits per heavy atom. The summed E-state index contributed by atoms with van der Waals surface area (Å²) in [5, 5.41) is 12.8. The number of carboxylic acids is 1. The highest BCUT2D eigenvalue weighted by Crippen LogP contribution is 2.35.